The van der Waals surface area contributed by atoms with E-state index in [2.05, 4.69) is 174 Å². The number of hydrogen-bond donors (Lipinski definition) is 4. The predicted octanol–water partition coefficient (Wildman–Crippen LogP) is 17.2. The number of carboxylic acids is 1. The number of halogens is 3. The maximum atomic E-state index is 13.0. The van der Waals surface area contributed by atoms with Crippen LogP contribution in [0.25, 0.3) is 21.0 Å². The molecule has 4 saturated carbocycles. The van der Waals surface area contributed by atoms with Crippen LogP contribution >= 0.6 is 39.1 Å². The third-order valence-corrected chi connectivity index (χ3v) is 24.7. The Balaban J connectivity index is 0.000000120. The monoisotopic (exact) mass is 1640 g/mol. The summed E-state index contributed by atoms with van der Waals surface area (Å²) in [4.78, 5) is 78.9. The molecule has 20 rings (SSSR count). The SMILES string of the molecule is Brc1cncnc1.C.CCc1nc2ccc(Cl)cn2c1C(=O)NCc1ccc(C2CC3(C2)CN(c2cncnc2)C3)cc1.CCc1nc2ccc(Cl)cn2c1C(=O)O.NCc1ccc(C2CC3(C2)CN(c2cncnc2)C3)cc1.[C-]#[N+]c1ccc(C2CC3(C2)CN(c2cncnc2)C3)cc1.[C-]#[N+]c1ccc(C2CC3(CNC3)C2)cc1. The van der Waals surface area contributed by atoms with Crippen LogP contribution in [0.5, 0.6) is 0 Å². The van der Waals surface area contributed by atoms with Gasteiger partial charge < -0.3 is 36.2 Å². The van der Waals surface area contributed by atoms with E-state index >= 15 is 0 Å². The number of nitrogens with two attached hydrogens (primary N) is 1. The number of pyridine rings is 2. The highest BCUT2D eigenvalue weighted by Crippen LogP contribution is 2.59. The number of aromatic nitrogens is 12. The summed E-state index contributed by atoms with van der Waals surface area (Å²) in [7, 11) is 0. The van der Waals surface area contributed by atoms with Crippen LogP contribution in [-0.4, -0.2) is 128 Å². The van der Waals surface area contributed by atoms with Gasteiger partial charge in [0.25, 0.3) is 5.91 Å². The number of amides is 1. The summed E-state index contributed by atoms with van der Waals surface area (Å²) in [6.07, 6.45) is 35.8. The number of aromatic carboxylic acids is 1. The lowest BCUT2D eigenvalue weighted by Gasteiger charge is -2.60. The number of nitrogens with one attached hydrogen (secondary N) is 2. The van der Waals surface area contributed by atoms with Crippen molar-refractivity contribution in [2.45, 2.75) is 122 Å². The molecule has 8 aromatic heterocycles. The Kier molecular flexibility index (Phi) is 24.7. The van der Waals surface area contributed by atoms with E-state index in [1.165, 1.54) is 103 Å². The number of hydrogen-bond acceptors (Lipinski definition) is 17. The van der Waals surface area contributed by atoms with Crippen LogP contribution in [0.1, 0.15) is 162 Å². The molecule has 0 atom stereocenters. The first kappa shape index (κ1) is 80.5. The molecule has 8 fully saturated rings. The zero-order chi connectivity index (χ0) is 79.0. The molecule has 26 heteroatoms. The Hall–Kier alpha value is -11.1. The Morgan fingerprint density at radius 3 is 1.14 bits per heavy atom. The van der Waals surface area contributed by atoms with Crippen LogP contribution in [0.4, 0.5) is 28.4 Å². The molecular formula is C89H93BrCl2N20O3. The van der Waals surface area contributed by atoms with E-state index in [4.69, 9.17) is 47.2 Å². The topological polar surface area (TPSA) is 261 Å². The van der Waals surface area contributed by atoms with E-state index in [9.17, 15) is 9.59 Å². The standard InChI is InChI=1S/C27H27ClN6O.C17H16N4.C17H20N4.C13H14N2.C10H9ClN2O2.C4H3BrN2.CH4/c1-2-23-25(34-14-21(28)7-8-24(34)32-23)26(35)31-11-18-3-5-19(6-4-18)20-9-27(10-20)15-33(16-27)22-12-29-17-30-13-22;1-18-15-4-2-13(3-5-15)14-6-17(7-14)10-21(11-17)16-8-19-12-20-9-16;18-7-13-1-3-14(4-2-13)15-5-17(6-15)10-21(11-17)16-8-19-12-20-9-16;1-14-12-4-2-10(3-5-12)11-6-13(7-11)8-15-9-13;1-2-7-9(10(14)15)13-5-6(11)3-4-8(13)12-7;5-4-1-6-3-7-2-4;/h3-8,12-14,17,20H,2,9-11,15-16H2,1H3,(H,31,35);2-5,8-9,12,14H,6-7,10-11H2;1-4,8-9,12,15H,5-7,10-11,18H2;2-5,11,15H,6-9H2;3-5H,2H2,1H3,(H,14,15);1-3H;1H4. The second kappa shape index (κ2) is 35.3. The molecular weight excluding hydrogens is 1550 g/mol. The van der Waals surface area contributed by atoms with Crippen LogP contribution < -0.4 is 31.1 Å². The Bertz CT molecular complexity index is 5370. The minimum absolute atomic E-state index is 0. The van der Waals surface area contributed by atoms with E-state index in [1.807, 2.05) is 81.4 Å². The summed E-state index contributed by atoms with van der Waals surface area (Å²) < 4.78 is 4.19. The number of carboxylic acid groups (broad SMARTS) is 1. The van der Waals surface area contributed by atoms with Gasteiger partial charge in [0.2, 0.25) is 0 Å². The molecule has 8 aliphatic rings. The number of fused-ring (bicyclic) bond motifs is 2. The zero-order valence-electron chi connectivity index (χ0n) is 63.7. The van der Waals surface area contributed by atoms with E-state index in [0.29, 0.717) is 86.5 Å². The smallest absolute Gasteiger partial charge is 0.354 e. The van der Waals surface area contributed by atoms with Crippen molar-refractivity contribution in [1.29, 1.82) is 0 Å². The minimum atomic E-state index is -0.985. The summed E-state index contributed by atoms with van der Waals surface area (Å²) in [6.45, 7) is 28.0. The van der Waals surface area contributed by atoms with Crippen molar-refractivity contribution in [3.8, 4) is 0 Å². The molecule has 588 valence electrons. The molecule has 0 radical (unpaired) electrons. The number of anilines is 3. The molecule has 1 amide bonds. The fraction of sp³-hybridized carbons (Fsp3) is 0.348. The van der Waals surface area contributed by atoms with E-state index in [1.54, 1.807) is 66.4 Å². The van der Waals surface area contributed by atoms with E-state index < -0.39 is 5.97 Å². The third kappa shape index (κ3) is 18.2. The van der Waals surface area contributed by atoms with Gasteiger partial charge in [-0.25, -0.2) is 64.3 Å². The van der Waals surface area contributed by atoms with Crippen LogP contribution in [0.15, 0.2) is 213 Å². The molecule has 12 aromatic rings. The van der Waals surface area contributed by atoms with Gasteiger partial charge in [-0.3, -0.25) is 13.6 Å². The number of rotatable bonds is 14. The molecule has 4 aromatic carbocycles. The molecule has 5 N–H and O–H groups in total. The maximum absolute atomic E-state index is 13.0. The first-order valence-corrected chi connectivity index (χ1v) is 40.3. The molecule has 12 heterocycles. The highest BCUT2D eigenvalue weighted by molar-refractivity contribution is 9.10. The fourth-order valence-electron chi connectivity index (χ4n) is 17.7. The van der Waals surface area contributed by atoms with Crippen molar-refractivity contribution in [3.63, 3.8) is 0 Å². The van der Waals surface area contributed by atoms with E-state index in [0.717, 1.165) is 101 Å². The van der Waals surface area contributed by atoms with Crippen LogP contribution in [0.2, 0.25) is 10.0 Å². The number of imidazole rings is 2. The summed E-state index contributed by atoms with van der Waals surface area (Å²) in [5.41, 5.74) is 24.0. The normalized spacial score (nSPS) is 18.7. The summed E-state index contributed by atoms with van der Waals surface area (Å²) in [5, 5.41) is 16.5. The average Bonchev–Trinajstić information content (AvgIpc) is 1.56. The van der Waals surface area contributed by atoms with Crippen molar-refractivity contribution >= 4 is 90.7 Å². The summed E-state index contributed by atoms with van der Waals surface area (Å²) in [5.74, 6) is 1.63. The zero-order valence-corrected chi connectivity index (χ0v) is 66.8. The van der Waals surface area contributed by atoms with Crippen LogP contribution in [0, 0.1) is 34.8 Å². The molecule has 115 heavy (non-hydrogen) atoms. The Labute approximate surface area is 689 Å². The molecule has 0 unspecified atom stereocenters. The van der Waals surface area contributed by atoms with Gasteiger partial charge in [0, 0.05) is 106 Å². The first-order valence-electron chi connectivity index (χ1n) is 38.7. The lowest BCUT2D eigenvalue weighted by atomic mass is 9.56. The van der Waals surface area contributed by atoms with Crippen molar-refractivity contribution in [2.75, 3.05) is 67.1 Å². The quantitative estimate of drug-likeness (QED) is 0.0738. The first-order chi connectivity index (χ1) is 55.4. The number of aryl methyl sites for hydroxylation is 2. The van der Waals surface area contributed by atoms with Gasteiger partial charge in [0.15, 0.2) is 17.1 Å². The van der Waals surface area contributed by atoms with Crippen molar-refractivity contribution in [3.05, 3.63) is 302 Å². The summed E-state index contributed by atoms with van der Waals surface area (Å²) in [6, 6.07) is 40.7. The maximum Gasteiger partial charge on any atom is 0.354 e. The number of nitrogens with zero attached hydrogens (tertiary/aromatic N) is 17. The Morgan fingerprint density at radius 2 is 0.826 bits per heavy atom. The van der Waals surface area contributed by atoms with Crippen LogP contribution in [0.3, 0.4) is 0 Å². The lowest BCUT2D eigenvalue weighted by molar-refractivity contribution is 0.0363. The van der Waals surface area contributed by atoms with Crippen LogP contribution in [-0.2, 0) is 25.9 Å². The number of benzene rings is 4. The summed E-state index contributed by atoms with van der Waals surface area (Å²) >= 11 is 15.1. The molecule has 4 saturated heterocycles. The highest BCUT2D eigenvalue weighted by Gasteiger charge is 2.55. The second-order valence-corrected chi connectivity index (χ2v) is 33.5. The minimum Gasteiger partial charge on any atom is -0.477 e. The largest absolute Gasteiger partial charge is 0.477 e. The fourth-order valence-corrected chi connectivity index (χ4v) is 18.3. The molecule has 0 bridgehead atoms. The average molecular weight is 1640 g/mol. The molecule has 4 spiro atoms. The van der Waals surface area contributed by atoms with Gasteiger partial charge in [0.1, 0.15) is 42.3 Å². The van der Waals surface area contributed by atoms with Gasteiger partial charge in [-0.1, -0.05) is 142 Å². The van der Waals surface area contributed by atoms with Gasteiger partial charge >= 0.3 is 5.97 Å². The predicted molar refractivity (Wildman–Crippen MR) is 453 cm³/mol. The van der Waals surface area contributed by atoms with Gasteiger partial charge in [-0.2, -0.15) is 0 Å². The van der Waals surface area contributed by atoms with Crippen molar-refractivity contribution in [1.82, 2.24) is 69.3 Å². The number of carbonyl (C=O) groups is 2. The second-order valence-electron chi connectivity index (χ2n) is 31.7. The van der Waals surface area contributed by atoms with Crippen molar-refractivity contribution in [2.24, 2.45) is 27.4 Å². The Morgan fingerprint density at radius 1 is 0.496 bits per heavy atom. The van der Waals surface area contributed by atoms with Crippen molar-refractivity contribution < 1.29 is 14.7 Å². The van der Waals surface area contributed by atoms with Gasteiger partial charge in [-0.05, 0) is 167 Å². The highest BCUT2D eigenvalue weighted by atomic mass is 79.9. The molecule has 23 nitrogen and oxygen atoms in total. The molecule has 4 aliphatic carbocycles. The number of carbonyl (C=O) groups excluding carboxylic acids is 1. The molecule has 4 aliphatic heterocycles. The lowest BCUT2D eigenvalue weighted by Crippen LogP contribution is -2.61. The van der Waals surface area contributed by atoms with E-state index in [-0.39, 0.29) is 19.0 Å². The third-order valence-electron chi connectivity index (χ3n) is 23.8. The van der Waals surface area contributed by atoms with Gasteiger partial charge in [-0.15, -0.1) is 0 Å². The van der Waals surface area contributed by atoms with Gasteiger partial charge in [0.05, 0.1) is 93.3 Å².